The molecule has 3 N–H and O–H groups in total. The minimum atomic E-state index is -4.46. The van der Waals surface area contributed by atoms with Crippen molar-refractivity contribution >= 4 is 21.7 Å². The lowest BCUT2D eigenvalue weighted by Crippen LogP contribution is -2.16. The van der Waals surface area contributed by atoms with E-state index >= 15 is 0 Å². The zero-order chi connectivity index (χ0) is 15.8. The molecule has 0 aliphatic carbocycles. The molecule has 2 aromatic rings. The second-order valence-corrected chi connectivity index (χ2v) is 5.84. The van der Waals surface area contributed by atoms with Gasteiger partial charge in [-0.3, -0.25) is 4.72 Å². The average Bonchev–Trinajstić information content (AvgIpc) is 2.72. The number of anilines is 1. The number of aryl methyl sites for hydroxylation is 1. The fraction of sp³-hybridized carbons (Fsp3) is 0.0833. The van der Waals surface area contributed by atoms with Crippen molar-refractivity contribution in [2.45, 2.75) is 11.8 Å². The minimum Gasteiger partial charge on any atom is -0.478 e. The first-order valence-electron chi connectivity index (χ1n) is 5.61. The lowest BCUT2D eigenvalue weighted by molar-refractivity contribution is 0.0697. The Kier molecular flexibility index (Phi) is 3.69. The molecule has 0 unspecified atom stereocenters. The van der Waals surface area contributed by atoms with Gasteiger partial charge in [-0.25, -0.2) is 22.0 Å². The van der Waals surface area contributed by atoms with Crippen LogP contribution in [-0.2, 0) is 10.0 Å². The third kappa shape index (κ3) is 2.87. The molecule has 2 rings (SSSR count). The van der Waals surface area contributed by atoms with E-state index in [9.17, 15) is 22.0 Å². The molecular weight excluding hydrogens is 306 g/mol. The van der Waals surface area contributed by atoms with E-state index in [1.165, 1.54) is 6.92 Å². The predicted octanol–water partition coefficient (Wildman–Crippen LogP) is 2.10. The van der Waals surface area contributed by atoms with Crippen molar-refractivity contribution in [3.8, 4) is 0 Å². The Hall–Kier alpha value is -2.42. The summed E-state index contributed by atoms with van der Waals surface area (Å²) >= 11 is 0. The Balaban J connectivity index is 2.48. The van der Waals surface area contributed by atoms with Gasteiger partial charge in [-0.15, -0.1) is 0 Å². The molecule has 6 nitrogen and oxygen atoms in total. The second kappa shape index (κ2) is 5.17. The summed E-state index contributed by atoms with van der Waals surface area (Å²) in [4.78, 5) is 12.7. The Morgan fingerprint density at radius 2 is 2.00 bits per heavy atom. The van der Waals surface area contributed by atoms with Crippen LogP contribution >= 0.6 is 0 Å². The first kappa shape index (κ1) is 15.0. The van der Waals surface area contributed by atoms with Gasteiger partial charge in [0.1, 0.15) is 22.1 Å². The number of aromatic amines is 1. The fourth-order valence-corrected chi connectivity index (χ4v) is 2.92. The molecule has 0 aliphatic rings. The van der Waals surface area contributed by atoms with Gasteiger partial charge in [0.15, 0.2) is 0 Å². The van der Waals surface area contributed by atoms with Gasteiger partial charge in [-0.05, 0) is 25.1 Å². The van der Waals surface area contributed by atoms with Crippen LogP contribution in [0.2, 0.25) is 0 Å². The monoisotopic (exact) mass is 316 g/mol. The highest BCUT2D eigenvalue weighted by Crippen LogP contribution is 2.24. The largest absolute Gasteiger partial charge is 0.478 e. The van der Waals surface area contributed by atoms with E-state index in [-0.39, 0.29) is 16.9 Å². The molecule has 0 saturated heterocycles. The summed E-state index contributed by atoms with van der Waals surface area (Å²) in [6.07, 6.45) is 1.12. The molecule has 0 spiro atoms. The van der Waals surface area contributed by atoms with E-state index in [1.807, 2.05) is 4.72 Å². The number of rotatable bonds is 4. The van der Waals surface area contributed by atoms with Crippen LogP contribution in [0.5, 0.6) is 0 Å². The van der Waals surface area contributed by atoms with Gasteiger partial charge in [0.2, 0.25) is 0 Å². The van der Waals surface area contributed by atoms with Crippen molar-refractivity contribution in [1.82, 2.24) is 4.98 Å². The molecule has 112 valence electrons. The zero-order valence-electron chi connectivity index (χ0n) is 10.6. The molecule has 1 aromatic carbocycles. The molecule has 0 aliphatic heterocycles. The molecular formula is C12H10F2N2O4S. The molecule has 0 radical (unpaired) electrons. The van der Waals surface area contributed by atoms with Crippen LogP contribution in [0.4, 0.5) is 14.5 Å². The predicted molar refractivity (Wildman–Crippen MR) is 69.7 cm³/mol. The molecule has 1 aromatic heterocycles. The third-order valence-corrected chi connectivity index (χ3v) is 4.10. The normalized spacial score (nSPS) is 11.4. The zero-order valence-corrected chi connectivity index (χ0v) is 11.5. The average molecular weight is 316 g/mol. The highest BCUT2D eigenvalue weighted by atomic mass is 32.2. The summed E-state index contributed by atoms with van der Waals surface area (Å²) in [6.45, 7) is 1.43. The first-order valence-corrected chi connectivity index (χ1v) is 7.10. The smallest absolute Gasteiger partial charge is 0.339 e. The SMILES string of the molecule is Cc1[nH]cc(NS(=O)(=O)c2cc(F)ccc2F)c1C(=O)O. The van der Waals surface area contributed by atoms with E-state index in [0.29, 0.717) is 12.1 Å². The number of H-pyrrole nitrogens is 1. The van der Waals surface area contributed by atoms with E-state index in [0.717, 1.165) is 12.3 Å². The number of nitrogens with one attached hydrogen (secondary N) is 2. The van der Waals surface area contributed by atoms with Crippen LogP contribution in [0, 0.1) is 18.6 Å². The Bertz CT molecular complexity index is 815. The van der Waals surface area contributed by atoms with E-state index in [1.54, 1.807) is 0 Å². The van der Waals surface area contributed by atoms with Crippen LogP contribution < -0.4 is 4.72 Å². The molecule has 0 saturated carbocycles. The summed E-state index contributed by atoms with van der Waals surface area (Å²) in [6, 6.07) is 1.96. The Morgan fingerprint density at radius 1 is 1.33 bits per heavy atom. The van der Waals surface area contributed by atoms with Crippen molar-refractivity contribution in [1.29, 1.82) is 0 Å². The van der Waals surface area contributed by atoms with E-state index in [2.05, 4.69) is 4.98 Å². The lowest BCUT2D eigenvalue weighted by Gasteiger charge is -2.08. The first-order chi connectivity index (χ1) is 9.72. The molecule has 1 heterocycles. The number of hydrogen-bond donors (Lipinski definition) is 3. The third-order valence-electron chi connectivity index (χ3n) is 2.72. The van der Waals surface area contributed by atoms with Gasteiger partial charge in [0, 0.05) is 11.9 Å². The standard InChI is InChI=1S/C12H10F2N2O4S/c1-6-11(12(17)18)9(5-15-6)16-21(19,20)10-4-7(13)2-3-8(10)14/h2-5,15-16H,1H3,(H,17,18). The maximum absolute atomic E-state index is 13.5. The van der Waals surface area contributed by atoms with Crippen LogP contribution in [0.15, 0.2) is 29.3 Å². The number of aromatic nitrogens is 1. The van der Waals surface area contributed by atoms with Gasteiger partial charge in [0.05, 0.1) is 5.69 Å². The number of halogens is 2. The number of carboxylic acids is 1. The van der Waals surface area contributed by atoms with Gasteiger partial charge in [-0.1, -0.05) is 0 Å². The molecule has 0 bridgehead atoms. The highest BCUT2D eigenvalue weighted by Gasteiger charge is 2.24. The molecule has 0 amide bonds. The number of hydrogen-bond acceptors (Lipinski definition) is 3. The number of benzene rings is 1. The molecule has 0 fully saturated rings. The van der Waals surface area contributed by atoms with Gasteiger partial charge < -0.3 is 10.1 Å². The Morgan fingerprint density at radius 3 is 2.62 bits per heavy atom. The number of carbonyl (C=O) groups is 1. The number of aromatic carboxylic acids is 1. The summed E-state index contributed by atoms with van der Waals surface area (Å²) in [7, 11) is -4.46. The van der Waals surface area contributed by atoms with Crippen molar-refractivity contribution in [2.75, 3.05) is 4.72 Å². The maximum atomic E-state index is 13.5. The highest BCUT2D eigenvalue weighted by molar-refractivity contribution is 7.92. The minimum absolute atomic E-state index is 0.222. The van der Waals surface area contributed by atoms with Crippen molar-refractivity contribution in [2.24, 2.45) is 0 Å². The summed E-state index contributed by atoms with van der Waals surface area (Å²) in [5.74, 6) is -3.43. The van der Waals surface area contributed by atoms with Crippen molar-refractivity contribution < 1.29 is 27.1 Å². The summed E-state index contributed by atoms with van der Waals surface area (Å²) < 4.78 is 52.6. The molecule has 21 heavy (non-hydrogen) atoms. The number of sulfonamides is 1. The Labute approximate surface area is 118 Å². The van der Waals surface area contributed by atoms with Crippen molar-refractivity contribution in [3.05, 3.63) is 47.3 Å². The molecule has 9 heteroatoms. The van der Waals surface area contributed by atoms with Crippen LogP contribution in [0.1, 0.15) is 16.1 Å². The summed E-state index contributed by atoms with van der Waals surface area (Å²) in [5.41, 5.74) is -0.334. The summed E-state index contributed by atoms with van der Waals surface area (Å²) in [5, 5.41) is 9.01. The van der Waals surface area contributed by atoms with Crippen LogP contribution in [0.3, 0.4) is 0 Å². The lowest BCUT2D eigenvalue weighted by atomic mass is 10.2. The van der Waals surface area contributed by atoms with Crippen molar-refractivity contribution in [3.63, 3.8) is 0 Å². The van der Waals surface area contributed by atoms with Crippen LogP contribution in [0.25, 0.3) is 0 Å². The number of carboxylic acid groups (broad SMARTS) is 1. The fourth-order valence-electron chi connectivity index (χ4n) is 1.77. The second-order valence-electron chi connectivity index (χ2n) is 4.19. The van der Waals surface area contributed by atoms with Gasteiger partial charge in [0.25, 0.3) is 10.0 Å². The van der Waals surface area contributed by atoms with Gasteiger partial charge in [-0.2, -0.15) is 0 Å². The van der Waals surface area contributed by atoms with Crippen LogP contribution in [-0.4, -0.2) is 24.5 Å². The molecule has 0 atom stereocenters. The topological polar surface area (TPSA) is 99.3 Å². The maximum Gasteiger partial charge on any atom is 0.339 e. The van der Waals surface area contributed by atoms with Gasteiger partial charge >= 0.3 is 5.97 Å². The van der Waals surface area contributed by atoms with E-state index < -0.39 is 32.5 Å². The van der Waals surface area contributed by atoms with E-state index in [4.69, 9.17) is 5.11 Å². The quantitative estimate of drug-likeness (QED) is 0.804.